The summed E-state index contributed by atoms with van der Waals surface area (Å²) in [5.41, 5.74) is 4.33. The van der Waals surface area contributed by atoms with E-state index in [2.05, 4.69) is 10.7 Å². The van der Waals surface area contributed by atoms with Crippen LogP contribution in [-0.2, 0) is 32.7 Å². The highest BCUT2D eigenvalue weighted by Crippen LogP contribution is 2.31. The predicted octanol–water partition coefficient (Wildman–Crippen LogP) is 2.22. The summed E-state index contributed by atoms with van der Waals surface area (Å²) in [4.78, 5) is 50.0. The summed E-state index contributed by atoms with van der Waals surface area (Å²) in [7, 11) is 0. The largest absolute Gasteiger partial charge is 0.452 e. The number of fused-ring (bicyclic) bond motifs is 1. The number of esters is 1. The number of hydrazine groups is 1. The van der Waals surface area contributed by atoms with Crippen LogP contribution < -0.4 is 10.7 Å². The van der Waals surface area contributed by atoms with Crippen molar-refractivity contribution in [1.29, 1.82) is 0 Å². The van der Waals surface area contributed by atoms with Crippen LogP contribution in [0.2, 0.25) is 0 Å². The lowest BCUT2D eigenvalue weighted by Crippen LogP contribution is -2.49. The average Bonchev–Trinajstić information content (AvgIpc) is 3.36. The quantitative estimate of drug-likeness (QED) is 0.550. The number of carbonyl (C=O) groups is 4. The maximum absolute atomic E-state index is 13.0. The number of rotatable bonds is 6. The molecule has 0 radical (unpaired) electrons. The third kappa shape index (κ3) is 3.76. The highest BCUT2D eigenvalue weighted by Gasteiger charge is 2.52. The number of imide groups is 1. The lowest BCUT2D eigenvalue weighted by molar-refractivity contribution is -0.140. The Kier molecular flexibility index (Phi) is 5.46. The van der Waals surface area contributed by atoms with Crippen LogP contribution in [0.1, 0.15) is 46.8 Å². The second-order valence-corrected chi connectivity index (χ2v) is 7.64. The van der Waals surface area contributed by atoms with Gasteiger partial charge in [-0.05, 0) is 54.5 Å². The van der Waals surface area contributed by atoms with Gasteiger partial charge in [0.2, 0.25) is 0 Å². The molecule has 2 aromatic carbocycles. The smallest absolute Gasteiger partial charge is 0.344 e. The Morgan fingerprint density at radius 2 is 1.84 bits per heavy atom. The van der Waals surface area contributed by atoms with Crippen LogP contribution in [0, 0.1) is 0 Å². The molecule has 1 aliphatic heterocycles. The lowest BCUT2D eigenvalue weighted by Gasteiger charge is -2.25. The van der Waals surface area contributed by atoms with Crippen molar-refractivity contribution in [2.45, 2.75) is 38.1 Å². The molecule has 2 aliphatic rings. The molecule has 2 aromatic rings. The Labute approximate surface area is 179 Å². The Hall–Kier alpha value is -3.68. The third-order valence-corrected chi connectivity index (χ3v) is 5.79. The fourth-order valence-electron chi connectivity index (χ4n) is 4.11. The van der Waals surface area contributed by atoms with Gasteiger partial charge in [0.1, 0.15) is 5.54 Å². The Bertz CT molecular complexity index is 1050. The van der Waals surface area contributed by atoms with Gasteiger partial charge < -0.3 is 10.1 Å². The number of benzene rings is 2. The van der Waals surface area contributed by atoms with Crippen molar-refractivity contribution in [3.8, 4) is 0 Å². The first-order chi connectivity index (χ1) is 14.9. The van der Waals surface area contributed by atoms with Crippen molar-refractivity contribution in [2.75, 3.05) is 6.61 Å². The van der Waals surface area contributed by atoms with Gasteiger partial charge in [-0.15, -0.1) is 0 Å². The van der Waals surface area contributed by atoms with Crippen LogP contribution in [0.5, 0.6) is 0 Å². The summed E-state index contributed by atoms with van der Waals surface area (Å²) in [5.74, 6) is -2.00. The molecular formula is C23H23N3O5. The maximum Gasteiger partial charge on any atom is 0.344 e. The first-order valence-electron chi connectivity index (χ1n) is 10.3. The molecule has 0 unspecified atom stereocenters. The predicted molar refractivity (Wildman–Crippen MR) is 111 cm³/mol. The van der Waals surface area contributed by atoms with Crippen LogP contribution >= 0.6 is 0 Å². The first kappa shape index (κ1) is 20.6. The Morgan fingerprint density at radius 3 is 2.58 bits per heavy atom. The number of nitrogens with zero attached hydrogens (tertiary/aromatic N) is 1. The van der Waals surface area contributed by atoms with Crippen LogP contribution in [0.3, 0.4) is 0 Å². The van der Waals surface area contributed by atoms with Crippen molar-refractivity contribution in [2.24, 2.45) is 0 Å². The first-order valence-corrected chi connectivity index (χ1v) is 10.3. The minimum atomic E-state index is -1.26. The van der Waals surface area contributed by atoms with Crippen molar-refractivity contribution in [1.82, 2.24) is 15.8 Å². The van der Waals surface area contributed by atoms with E-state index in [1.165, 1.54) is 5.56 Å². The Morgan fingerprint density at radius 1 is 1.10 bits per heavy atom. The fraction of sp³-hybridized carbons (Fsp3) is 0.304. The normalized spacial score (nSPS) is 19.7. The highest BCUT2D eigenvalue weighted by atomic mass is 16.5. The molecule has 1 aliphatic carbocycles. The van der Waals surface area contributed by atoms with E-state index in [0.29, 0.717) is 22.6 Å². The standard InChI is InChI=1S/C23H23N3O5/c1-2-23(18-9-4-3-5-10-18)21(29)26(22(30)24-23)25-19(27)14-31-20(28)17-12-11-15-7-6-8-16(15)13-17/h3-5,9-13H,2,6-8,14H2,1H3,(H,24,30)(H,25,27)/t23-/m0/s1. The van der Waals surface area contributed by atoms with E-state index < -0.39 is 36.0 Å². The van der Waals surface area contributed by atoms with Crippen LogP contribution in [0.25, 0.3) is 0 Å². The van der Waals surface area contributed by atoms with Gasteiger partial charge >= 0.3 is 12.0 Å². The number of hydrogen-bond donors (Lipinski definition) is 2. The molecule has 0 bridgehead atoms. The topological polar surface area (TPSA) is 105 Å². The van der Waals surface area contributed by atoms with Crippen LogP contribution in [0.4, 0.5) is 4.79 Å². The summed E-state index contributed by atoms with van der Waals surface area (Å²) in [6.45, 7) is 1.16. The number of ether oxygens (including phenoxy) is 1. The van der Waals surface area contributed by atoms with Crippen LogP contribution in [-0.4, -0.2) is 35.4 Å². The molecule has 0 saturated carbocycles. The summed E-state index contributed by atoms with van der Waals surface area (Å²) in [6, 6.07) is 13.5. The molecule has 2 N–H and O–H groups in total. The van der Waals surface area contributed by atoms with E-state index in [9.17, 15) is 19.2 Å². The van der Waals surface area contributed by atoms with E-state index >= 15 is 0 Å². The molecule has 160 valence electrons. The summed E-state index contributed by atoms with van der Waals surface area (Å²) < 4.78 is 5.07. The minimum Gasteiger partial charge on any atom is -0.452 e. The number of hydrogen-bond acceptors (Lipinski definition) is 5. The van der Waals surface area contributed by atoms with Gasteiger partial charge in [-0.25, -0.2) is 9.59 Å². The van der Waals surface area contributed by atoms with Gasteiger partial charge in [-0.3, -0.25) is 15.0 Å². The monoisotopic (exact) mass is 421 g/mol. The van der Waals surface area contributed by atoms with Crippen LogP contribution in [0.15, 0.2) is 48.5 Å². The number of carbonyl (C=O) groups excluding carboxylic acids is 4. The van der Waals surface area contributed by atoms with Gasteiger partial charge in [0.15, 0.2) is 6.61 Å². The molecule has 31 heavy (non-hydrogen) atoms. The number of aryl methyl sites for hydroxylation is 2. The number of nitrogens with one attached hydrogen (secondary N) is 2. The summed E-state index contributed by atoms with van der Waals surface area (Å²) in [6.07, 6.45) is 3.29. The SMILES string of the molecule is CC[C@@]1(c2ccccc2)NC(=O)N(NC(=O)COC(=O)c2ccc3c(c2)CCC3)C1=O. The van der Waals surface area contributed by atoms with Crippen molar-refractivity contribution < 1.29 is 23.9 Å². The van der Waals surface area contributed by atoms with E-state index in [1.54, 1.807) is 43.3 Å². The average molecular weight is 421 g/mol. The molecule has 4 rings (SSSR count). The van der Waals surface area contributed by atoms with Gasteiger partial charge in [0.25, 0.3) is 11.8 Å². The van der Waals surface area contributed by atoms with E-state index in [0.717, 1.165) is 24.8 Å². The van der Waals surface area contributed by atoms with Crippen molar-refractivity contribution in [3.05, 3.63) is 70.8 Å². The lowest BCUT2D eigenvalue weighted by atomic mass is 9.87. The zero-order chi connectivity index (χ0) is 22.0. The van der Waals surface area contributed by atoms with Gasteiger partial charge in [-0.2, -0.15) is 5.01 Å². The summed E-state index contributed by atoms with van der Waals surface area (Å²) >= 11 is 0. The second kappa shape index (κ2) is 8.22. The zero-order valence-electron chi connectivity index (χ0n) is 17.1. The second-order valence-electron chi connectivity index (χ2n) is 7.64. The molecule has 0 spiro atoms. The molecule has 1 atom stereocenters. The molecule has 1 fully saturated rings. The number of urea groups is 1. The number of amides is 4. The Balaban J connectivity index is 1.39. The van der Waals surface area contributed by atoms with E-state index in [4.69, 9.17) is 4.74 Å². The van der Waals surface area contributed by atoms with Gasteiger partial charge in [0, 0.05) is 0 Å². The molecular weight excluding hydrogens is 398 g/mol. The molecule has 0 aromatic heterocycles. The molecule has 1 saturated heterocycles. The zero-order valence-corrected chi connectivity index (χ0v) is 17.1. The van der Waals surface area contributed by atoms with Gasteiger partial charge in [-0.1, -0.05) is 43.3 Å². The molecule has 1 heterocycles. The minimum absolute atomic E-state index is 0.307. The van der Waals surface area contributed by atoms with Gasteiger partial charge in [0.05, 0.1) is 5.56 Å². The maximum atomic E-state index is 13.0. The van der Waals surface area contributed by atoms with Crippen molar-refractivity contribution in [3.63, 3.8) is 0 Å². The fourth-order valence-corrected chi connectivity index (χ4v) is 4.11. The van der Waals surface area contributed by atoms with Crippen molar-refractivity contribution >= 4 is 23.8 Å². The molecule has 8 nitrogen and oxygen atoms in total. The van der Waals surface area contributed by atoms with E-state index in [1.807, 2.05) is 12.1 Å². The third-order valence-electron chi connectivity index (χ3n) is 5.79. The highest BCUT2D eigenvalue weighted by molar-refractivity contribution is 6.08. The summed E-state index contributed by atoms with van der Waals surface area (Å²) in [5, 5.41) is 3.31. The molecule has 8 heteroatoms. The van der Waals surface area contributed by atoms with E-state index in [-0.39, 0.29) is 0 Å². The molecule has 4 amide bonds.